The van der Waals surface area contributed by atoms with Crippen molar-refractivity contribution in [1.82, 2.24) is 10.2 Å². The van der Waals surface area contributed by atoms with Crippen molar-refractivity contribution in [3.8, 4) is 0 Å². The van der Waals surface area contributed by atoms with Gasteiger partial charge in [-0.15, -0.1) is 10.2 Å². The molecule has 3 aromatic rings. The van der Waals surface area contributed by atoms with E-state index in [0.29, 0.717) is 12.0 Å². The van der Waals surface area contributed by atoms with Gasteiger partial charge in [-0.2, -0.15) is 0 Å². The molecule has 0 atom stereocenters. The quantitative estimate of drug-likeness (QED) is 0.417. The number of nitrogens with zero attached hydrogens (tertiary/aromatic N) is 5. The van der Waals surface area contributed by atoms with Crippen LogP contribution in [0.4, 0.5) is 11.4 Å². The van der Waals surface area contributed by atoms with Crippen LogP contribution in [-0.4, -0.2) is 10.0 Å². The van der Waals surface area contributed by atoms with Gasteiger partial charge in [0.1, 0.15) is 0 Å². The van der Waals surface area contributed by atoms with Gasteiger partial charge in [-0.05, 0) is 19.1 Å². The van der Waals surface area contributed by atoms with E-state index in [4.69, 9.17) is 0 Å². The van der Waals surface area contributed by atoms with Crippen LogP contribution in [0.15, 0.2) is 53.5 Å². The molecule has 110 valence electrons. The molecule has 22 heavy (non-hydrogen) atoms. The van der Waals surface area contributed by atoms with E-state index < -0.39 is 4.92 Å². The van der Waals surface area contributed by atoms with Gasteiger partial charge < -0.3 is 4.99 Å². The largest absolute Gasteiger partial charge is 0.350 e. The van der Waals surface area contributed by atoms with Gasteiger partial charge in [0.25, 0.3) is 5.69 Å². The molecule has 0 N–H and O–H groups in total. The summed E-state index contributed by atoms with van der Waals surface area (Å²) in [6.45, 7) is 2.51. The lowest BCUT2D eigenvalue weighted by atomic mass is 10.2. The SMILES string of the molecule is CC[n+]1nc2ccccc2c(=Nc2ccccc2[N+](=O)[O-])[n-]1. The van der Waals surface area contributed by atoms with Gasteiger partial charge in [0.2, 0.25) is 0 Å². The Morgan fingerprint density at radius 2 is 1.95 bits per heavy atom. The van der Waals surface area contributed by atoms with E-state index in [1.165, 1.54) is 10.9 Å². The summed E-state index contributed by atoms with van der Waals surface area (Å²) < 4.78 is 0. The molecule has 0 saturated carbocycles. The molecule has 0 spiro atoms. The van der Waals surface area contributed by atoms with Crippen LogP contribution in [0.25, 0.3) is 10.9 Å². The summed E-state index contributed by atoms with van der Waals surface area (Å²) >= 11 is 0. The van der Waals surface area contributed by atoms with Crippen LogP contribution < -0.4 is 15.4 Å². The molecule has 0 saturated heterocycles. The zero-order valence-corrected chi connectivity index (χ0v) is 11.9. The van der Waals surface area contributed by atoms with Gasteiger partial charge in [0.05, 0.1) is 21.6 Å². The first-order valence-electron chi connectivity index (χ1n) is 6.81. The maximum absolute atomic E-state index is 11.1. The van der Waals surface area contributed by atoms with E-state index in [0.717, 1.165) is 10.9 Å². The van der Waals surface area contributed by atoms with Crippen LogP contribution >= 0.6 is 0 Å². The minimum absolute atomic E-state index is 0.0479. The van der Waals surface area contributed by atoms with Crippen molar-refractivity contribution in [2.45, 2.75) is 13.5 Å². The van der Waals surface area contributed by atoms with E-state index in [9.17, 15) is 10.1 Å². The molecule has 3 rings (SSSR count). The zero-order chi connectivity index (χ0) is 15.5. The molecular formula is C15H13N5O2. The highest BCUT2D eigenvalue weighted by molar-refractivity contribution is 5.76. The Morgan fingerprint density at radius 1 is 1.23 bits per heavy atom. The molecule has 0 aliphatic heterocycles. The van der Waals surface area contributed by atoms with E-state index in [1.54, 1.807) is 18.2 Å². The number of para-hydroxylation sites is 2. The van der Waals surface area contributed by atoms with Crippen molar-refractivity contribution in [2.24, 2.45) is 4.99 Å². The summed E-state index contributed by atoms with van der Waals surface area (Å²) in [7, 11) is 0. The molecule has 0 amide bonds. The summed E-state index contributed by atoms with van der Waals surface area (Å²) in [4.78, 5) is 16.6. The highest BCUT2D eigenvalue weighted by atomic mass is 16.6. The van der Waals surface area contributed by atoms with Gasteiger partial charge in [-0.25, -0.2) is 0 Å². The molecule has 7 nitrogen and oxygen atoms in total. The average Bonchev–Trinajstić information content (AvgIpc) is 2.55. The van der Waals surface area contributed by atoms with Crippen molar-refractivity contribution < 1.29 is 9.72 Å². The highest BCUT2D eigenvalue weighted by Gasteiger charge is 2.09. The van der Waals surface area contributed by atoms with Crippen LogP contribution in [0, 0.1) is 10.1 Å². The lowest BCUT2D eigenvalue weighted by Gasteiger charge is -2.04. The van der Waals surface area contributed by atoms with Crippen molar-refractivity contribution >= 4 is 22.3 Å². The molecule has 0 bridgehead atoms. The zero-order valence-electron chi connectivity index (χ0n) is 11.9. The predicted octanol–water partition coefficient (Wildman–Crippen LogP) is 1.64. The van der Waals surface area contributed by atoms with E-state index in [2.05, 4.69) is 15.2 Å². The first kappa shape index (κ1) is 13.9. The predicted molar refractivity (Wildman–Crippen MR) is 79.3 cm³/mol. The maximum atomic E-state index is 11.1. The summed E-state index contributed by atoms with van der Waals surface area (Å²) in [5.74, 6) is 0. The van der Waals surface area contributed by atoms with Crippen LogP contribution in [-0.2, 0) is 6.54 Å². The summed E-state index contributed by atoms with van der Waals surface area (Å²) in [6.07, 6.45) is 0. The third-order valence-electron chi connectivity index (χ3n) is 3.17. The fourth-order valence-corrected chi connectivity index (χ4v) is 2.11. The van der Waals surface area contributed by atoms with E-state index >= 15 is 0 Å². The molecular weight excluding hydrogens is 282 g/mol. The molecule has 0 fully saturated rings. The number of benzene rings is 2. The molecule has 1 aromatic heterocycles. The van der Waals surface area contributed by atoms with Gasteiger partial charge >= 0.3 is 0 Å². The van der Waals surface area contributed by atoms with Crippen molar-refractivity contribution in [1.29, 1.82) is 0 Å². The number of nitro groups is 1. The first-order valence-corrected chi connectivity index (χ1v) is 6.81. The van der Waals surface area contributed by atoms with Crippen molar-refractivity contribution in [2.75, 3.05) is 0 Å². The van der Waals surface area contributed by atoms with Gasteiger partial charge in [-0.1, -0.05) is 35.1 Å². The van der Waals surface area contributed by atoms with E-state index in [1.807, 2.05) is 31.2 Å². The number of rotatable bonds is 3. The third kappa shape index (κ3) is 2.56. The maximum Gasteiger partial charge on any atom is 0.279 e. The molecule has 0 unspecified atom stereocenters. The van der Waals surface area contributed by atoms with Gasteiger partial charge in [0, 0.05) is 11.5 Å². The number of hydrogen-bond donors (Lipinski definition) is 0. The third-order valence-corrected chi connectivity index (χ3v) is 3.17. The Bertz CT molecular complexity index is 917. The Labute approximate surface area is 125 Å². The van der Waals surface area contributed by atoms with Crippen LogP contribution in [0.3, 0.4) is 0 Å². The smallest absolute Gasteiger partial charge is 0.279 e. The van der Waals surface area contributed by atoms with Crippen molar-refractivity contribution in [3.05, 3.63) is 64.1 Å². The molecule has 7 heteroatoms. The van der Waals surface area contributed by atoms with E-state index in [-0.39, 0.29) is 11.4 Å². The normalized spacial score (nSPS) is 11.8. The standard InChI is InChI=1S/C15H13N5O2/c1-2-19-17-12-8-4-3-7-11(12)15(18-19)16-13-9-5-6-10-14(13)20(21)22/h3-10H,2H2,1H3. The minimum Gasteiger partial charge on any atom is -0.350 e. The number of hydrogen-bond acceptors (Lipinski definition) is 4. The summed E-state index contributed by atoms with van der Waals surface area (Å²) in [6, 6.07) is 13.8. The topological polar surface area (TPSA) is 86.4 Å². The number of fused-ring (bicyclic) bond motifs is 1. The molecule has 0 aliphatic carbocycles. The number of aromatic nitrogens is 3. The fraction of sp³-hybridized carbons (Fsp3) is 0.133. The Morgan fingerprint density at radius 3 is 2.73 bits per heavy atom. The number of aryl methyl sites for hydroxylation is 1. The second-order valence-electron chi connectivity index (χ2n) is 4.59. The van der Waals surface area contributed by atoms with Crippen LogP contribution in [0.1, 0.15) is 6.92 Å². The summed E-state index contributed by atoms with van der Waals surface area (Å²) in [5, 5.41) is 20.6. The Kier molecular flexibility index (Phi) is 3.61. The Hall–Kier alpha value is -3.09. The minimum atomic E-state index is -0.448. The molecule has 1 heterocycles. The second-order valence-corrected chi connectivity index (χ2v) is 4.59. The molecule has 2 aromatic carbocycles. The van der Waals surface area contributed by atoms with Crippen molar-refractivity contribution in [3.63, 3.8) is 0 Å². The van der Waals surface area contributed by atoms with Gasteiger partial charge in [0.15, 0.2) is 6.54 Å². The summed E-state index contributed by atoms with van der Waals surface area (Å²) in [5.41, 5.74) is 1.39. The fourth-order valence-electron chi connectivity index (χ4n) is 2.11. The lowest BCUT2D eigenvalue weighted by molar-refractivity contribution is -0.808. The molecule has 0 aliphatic rings. The molecule has 0 radical (unpaired) electrons. The Balaban J connectivity index is 2.32. The first-order chi connectivity index (χ1) is 10.7. The average molecular weight is 295 g/mol. The monoisotopic (exact) mass is 295 g/mol. The van der Waals surface area contributed by atoms with Crippen LogP contribution in [0.2, 0.25) is 0 Å². The lowest BCUT2D eigenvalue weighted by Crippen LogP contribution is -2.48. The number of nitro benzene ring substituents is 1. The van der Waals surface area contributed by atoms with Gasteiger partial charge in [-0.3, -0.25) is 10.1 Å². The van der Waals surface area contributed by atoms with Crippen LogP contribution in [0.5, 0.6) is 0 Å². The highest BCUT2D eigenvalue weighted by Crippen LogP contribution is 2.25. The second kappa shape index (κ2) is 5.72.